The summed E-state index contributed by atoms with van der Waals surface area (Å²) in [7, 11) is 0. The first kappa shape index (κ1) is 19.4. The van der Waals surface area contributed by atoms with Gasteiger partial charge >= 0.3 is 0 Å². The highest BCUT2D eigenvalue weighted by Gasteiger charge is 2.14. The van der Waals surface area contributed by atoms with E-state index in [0.29, 0.717) is 11.8 Å². The predicted molar refractivity (Wildman–Crippen MR) is 112 cm³/mol. The smallest absolute Gasteiger partial charge is 0.0606 e. The van der Waals surface area contributed by atoms with Gasteiger partial charge in [0.25, 0.3) is 0 Å². The molecule has 0 fully saturated rings. The first-order valence-electron chi connectivity index (χ1n) is 9.76. The molecule has 0 bridgehead atoms. The lowest BCUT2D eigenvalue weighted by molar-refractivity contribution is 0.731. The van der Waals surface area contributed by atoms with Crippen LogP contribution in [0.15, 0.2) is 36.4 Å². The molecule has 2 heteroatoms. The molecule has 2 N–H and O–H groups in total. The van der Waals surface area contributed by atoms with Crippen molar-refractivity contribution < 1.29 is 0 Å². The molecule has 2 unspecified atom stereocenters. The van der Waals surface area contributed by atoms with E-state index in [2.05, 4.69) is 88.8 Å². The van der Waals surface area contributed by atoms with Gasteiger partial charge in [-0.3, -0.25) is 0 Å². The third-order valence-corrected chi connectivity index (χ3v) is 5.47. The quantitative estimate of drug-likeness (QED) is 0.505. The van der Waals surface area contributed by atoms with E-state index in [-0.39, 0.29) is 0 Å². The van der Waals surface area contributed by atoms with E-state index in [0.717, 1.165) is 19.3 Å². The van der Waals surface area contributed by atoms with E-state index in [4.69, 9.17) is 0 Å². The summed E-state index contributed by atoms with van der Waals surface area (Å²) in [6.07, 6.45) is 3.31. The Morgan fingerprint density at radius 1 is 0.760 bits per heavy atom. The molecule has 0 aliphatic carbocycles. The molecule has 0 spiro atoms. The summed E-state index contributed by atoms with van der Waals surface area (Å²) >= 11 is 0. The van der Waals surface area contributed by atoms with Crippen molar-refractivity contribution in [1.29, 1.82) is 0 Å². The maximum Gasteiger partial charge on any atom is 0.0606 e. The van der Waals surface area contributed by atoms with Gasteiger partial charge in [0.05, 0.1) is 11.4 Å². The zero-order valence-electron chi connectivity index (χ0n) is 16.7. The van der Waals surface area contributed by atoms with Crippen molar-refractivity contribution >= 4 is 11.4 Å². The van der Waals surface area contributed by atoms with Crippen LogP contribution < -0.4 is 10.9 Å². The van der Waals surface area contributed by atoms with Crippen LogP contribution in [0.2, 0.25) is 0 Å². The molecule has 2 nitrogen and oxygen atoms in total. The Bertz CT molecular complexity index is 690. The number of hydrogen-bond donors (Lipinski definition) is 2. The van der Waals surface area contributed by atoms with Gasteiger partial charge in [-0.05, 0) is 60.3 Å². The molecule has 0 heterocycles. The normalized spacial score (nSPS) is 13.4. The molecule has 0 saturated heterocycles. The summed E-state index contributed by atoms with van der Waals surface area (Å²) in [5.74, 6) is 1.08. The van der Waals surface area contributed by atoms with E-state index in [1.54, 1.807) is 0 Å². The molecular weight excluding hydrogens is 304 g/mol. The summed E-state index contributed by atoms with van der Waals surface area (Å²) < 4.78 is 0. The van der Waals surface area contributed by atoms with E-state index >= 15 is 0 Å². The average molecular weight is 339 g/mol. The van der Waals surface area contributed by atoms with Gasteiger partial charge < -0.3 is 10.9 Å². The van der Waals surface area contributed by atoms with Gasteiger partial charge in [-0.1, -0.05) is 71.0 Å². The fraction of sp³-hybridized carbons (Fsp3) is 0.478. The highest BCUT2D eigenvalue weighted by Crippen LogP contribution is 2.33. The number of anilines is 2. The van der Waals surface area contributed by atoms with Gasteiger partial charge in [-0.15, -0.1) is 0 Å². The predicted octanol–water partition coefficient (Wildman–Crippen LogP) is 7.02. The number of hydrogen-bond acceptors (Lipinski definition) is 2. The summed E-state index contributed by atoms with van der Waals surface area (Å²) in [6, 6.07) is 13.2. The molecule has 2 atom stereocenters. The third kappa shape index (κ3) is 4.36. The van der Waals surface area contributed by atoms with Gasteiger partial charge in [0.1, 0.15) is 0 Å². The minimum atomic E-state index is 0.541. The van der Waals surface area contributed by atoms with Crippen molar-refractivity contribution in [3.63, 3.8) is 0 Å². The molecule has 0 saturated carbocycles. The van der Waals surface area contributed by atoms with Gasteiger partial charge in [-0.2, -0.15) is 0 Å². The highest BCUT2D eigenvalue weighted by molar-refractivity contribution is 5.66. The van der Waals surface area contributed by atoms with Crippen molar-refractivity contribution in [2.24, 2.45) is 0 Å². The van der Waals surface area contributed by atoms with Crippen molar-refractivity contribution in [3.05, 3.63) is 58.7 Å². The molecule has 0 radical (unpaired) electrons. The lowest BCUT2D eigenvalue weighted by Crippen LogP contribution is -2.16. The van der Waals surface area contributed by atoms with Crippen LogP contribution in [0.5, 0.6) is 0 Å². The Kier molecular flexibility index (Phi) is 6.92. The van der Waals surface area contributed by atoms with Gasteiger partial charge in [-0.25, -0.2) is 0 Å². The summed E-state index contributed by atoms with van der Waals surface area (Å²) in [6.45, 7) is 13.5. The first-order chi connectivity index (χ1) is 12.0. The third-order valence-electron chi connectivity index (χ3n) is 5.47. The van der Waals surface area contributed by atoms with Crippen LogP contribution in [0.1, 0.15) is 81.5 Å². The fourth-order valence-corrected chi connectivity index (χ4v) is 3.31. The fourth-order valence-electron chi connectivity index (χ4n) is 3.31. The maximum absolute atomic E-state index is 3.57. The monoisotopic (exact) mass is 338 g/mol. The largest absolute Gasteiger partial charge is 0.300 e. The number of benzene rings is 2. The van der Waals surface area contributed by atoms with Crippen LogP contribution >= 0.6 is 0 Å². The Morgan fingerprint density at radius 2 is 1.28 bits per heavy atom. The molecule has 0 aromatic heterocycles. The SMILES string of the molecule is CCc1cccc(C(C)CC)c1NNc1c(C)cccc1C(C)CC. The number of hydrazine groups is 1. The molecule has 2 aromatic carbocycles. The number of rotatable bonds is 8. The van der Waals surface area contributed by atoms with E-state index in [1.807, 2.05) is 0 Å². The van der Waals surface area contributed by atoms with Crippen molar-refractivity contribution in [2.75, 3.05) is 10.9 Å². The van der Waals surface area contributed by atoms with Gasteiger partial charge in [0, 0.05) is 0 Å². The number of para-hydroxylation sites is 2. The molecule has 136 valence electrons. The minimum absolute atomic E-state index is 0.541. The van der Waals surface area contributed by atoms with Gasteiger partial charge in [0.15, 0.2) is 0 Å². The summed E-state index contributed by atoms with van der Waals surface area (Å²) in [5.41, 5.74) is 15.0. The van der Waals surface area contributed by atoms with Crippen LogP contribution in [0.25, 0.3) is 0 Å². The van der Waals surface area contributed by atoms with Crippen LogP contribution in [-0.2, 0) is 6.42 Å². The molecular formula is C23H34N2. The van der Waals surface area contributed by atoms with Crippen LogP contribution in [-0.4, -0.2) is 0 Å². The zero-order chi connectivity index (χ0) is 18.4. The molecule has 0 aliphatic rings. The number of nitrogens with one attached hydrogen (secondary N) is 2. The topological polar surface area (TPSA) is 24.1 Å². The minimum Gasteiger partial charge on any atom is -0.300 e. The average Bonchev–Trinajstić information content (AvgIpc) is 2.65. The zero-order valence-corrected chi connectivity index (χ0v) is 16.7. The summed E-state index contributed by atoms with van der Waals surface area (Å²) in [5, 5.41) is 0. The Morgan fingerprint density at radius 3 is 1.84 bits per heavy atom. The molecule has 25 heavy (non-hydrogen) atoms. The lowest BCUT2D eigenvalue weighted by Gasteiger charge is -2.24. The molecule has 2 rings (SSSR count). The Balaban J connectivity index is 2.37. The van der Waals surface area contributed by atoms with Crippen LogP contribution in [0.3, 0.4) is 0 Å². The second kappa shape index (κ2) is 8.94. The standard InChI is InChI=1S/C23H34N2/c1-7-16(4)20-14-10-12-18(6)22(20)24-25-23-19(9-3)13-11-15-21(23)17(5)8-2/h10-17,24-25H,7-9H2,1-6H3. The van der Waals surface area contributed by atoms with E-state index < -0.39 is 0 Å². The lowest BCUT2D eigenvalue weighted by atomic mass is 9.93. The van der Waals surface area contributed by atoms with E-state index in [1.165, 1.54) is 33.6 Å². The summed E-state index contributed by atoms with van der Waals surface area (Å²) in [4.78, 5) is 0. The van der Waals surface area contributed by atoms with Crippen LogP contribution in [0, 0.1) is 6.92 Å². The highest BCUT2D eigenvalue weighted by atomic mass is 15.4. The number of aryl methyl sites for hydroxylation is 2. The van der Waals surface area contributed by atoms with E-state index in [9.17, 15) is 0 Å². The Labute approximate surface area is 154 Å². The van der Waals surface area contributed by atoms with Crippen molar-refractivity contribution in [2.45, 2.75) is 72.6 Å². The van der Waals surface area contributed by atoms with Crippen molar-refractivity contribution in [3.8, 4) is 0 Å². The maximum atomic E-state index is 3.57. The van der Waals surface area contributed by atoms with Gasteiger partial charge in [0.2, 0.25) is 0 Å². The Hall–Kier alpha value is -1.96. The second-order valence-corrected chi connectivity index (χ2v) is 7.14. The molecule has 0 aliphatic heterocycles. The first-order valence-corrected chi connectivity index (χ1v) is 9.76. The van der Waals surface area contributed by atoms with Crippen LogP contribution in [0.4, 0.5) is 11.4 Å². The second-order valence-electron chi connectivity index (χ2n) is 7.14. The van der Waals surface area contributed by atoms with Crippen molar-refractivity contribution in [1.82, 2.24) is 0 Å². The molecule has 0 amide bonds. The molecule has 2 aromatic rings.